The largest absolute Gasteiger partial charge is 0.456 e. The fraction of sp³-hybridized carbons (Fsp3) is 0.318. The molecule has 2 aromatic heterocycles. The van der Waals surface area contributed by atoms with E-state index < -0.39 is 17.5 Å². The first-order chi connectivity index (χ1) is 15.2. The number of ether oxygens (including phenoxy) is 1. The molecular weight excluding hydrogens is 416 g/mol. The van der Waals surface area contributed by atoms with E-state index in [4.69, 9.17) is 13.8 Å². The van der Waals surface area contributed by atoms with Gasteiger partial charge in [-0.2, -0.15) is 0 Å². The van der Waals surface area contributed by atoms with Gasteiger partial charge in [0.2, 0.25) is 0 Å². The van der Waals surface area contributed by atoms with Gasteiger partial charge in [0.15, 0.2) is 17.1 Å². The van der Waals surface area contributed by atoms with Gasteiger partial charge in [-0.25, -0.2) is 4.79 Å². The molecule has 10 heteroatoms. The number of carbonyl (C=O) groups is 3. The normalized spacial score (nSPS) is 11.1. The number of hydrogen-bond donors (Lipinski definition) is 2. The Balaban J connectivity index is 1.55. The minimum Gasteiger partial charge on any atom is -0.456 e. The molecule has 0 saturated heterocycles. The van der Waals surface area contributed by atoms with Crippen molar-refractivity contribution in [2.24, 2.45) is 0 Å². The molecule has 0 radical (unpaired) electrons. The Bertz CT molecular complexity index is 1110. The average Bonchev–Trinajstić information content (AvgIpc) is 3.42. The summed E-state index contributed by atoms with van der Waals surface area (Å²) in [4.78, 5) is 35.9. The van der Waals surface area contributed by atoms with Gasteiger partial charge in [0, 0.05) is 37.7 Å². The Labute approximate surface area is 184 Å². The second-order valence-corrected chi connectivity index (χ2v) is 7.92. The highest BCUT2D eigenvalue weighted by molar-refractivity contribution is 5.93. The van der Waals surface area contributed by atoms with E-state index in [1.165, 1.54) is 19.2 Å². The minimum absolute atomic E-state index is 0.111. The maximum atomic E-state index is 12.3. The van der Waals surface area contributed by atoms with Gasteiger partial charge in [-0.3, -0.25) is 9.59 Å². The molecule has 0 unspecified atom stereocenters. The Hall–Kier alpha value is -3.95. The number of aromatic nitrogens is 2. The van der Waals surface area contributed by atoms with Crippen LogP contribution in [-0.2, 0) is 11.2 Å². The van der Waals surface area contributed by atoms with Gasteiger partial charge in [-0.05, 0) is 32.9 Å². The smallest absolute Gasteiger partial charge is 0.338 e. The molecule has 2 amide bonds. The SMILES string of the molecule is CNC(=O)c1cc(CCNC(=O)c2cc(-c3ccc(C(=O)OC(C)(C)C)cc3)on2)on1. The molecule has 10 nitrogen and oxygen atoms in total. The van der Waals surface area contributed by atoms with E-state index in [0.717, 1.165) is 0 Å². The lowest BCUT2D eigenvalue weighted by Gasteiger charge is -2.19. The molecule has 1 aromatic carbocycles. The third-order valence-corrected chi connectivity index (χ3v) is 4.22. The Kier molecular flexibility index (Phi) is 6.72. The summed E-state index contributed by atoms with van der Waals surface area (Å²) in [6, 6.07) is 9.65. The van der Waals surface area contributed by atoms with Crippen LogP contribution in [0.25, 0.3) is 11.3 Å². The topological polar surface area (TPSA) is 137 Å². The molecule has 0 spiro atoms. The van der Waals surface area contributed by atoms with Crippen LogP contribution in [0.15, 0.2) is 45.4 Å². The molecule has 3 aromatic rings. The molecule has 0 atom stereocenters. The van der Waals surface area contributed by atoms with Crippen molar-refractivity contribution >= 4 is 17.8 Å². The summed E-state index contributed by atoms with van der Waals surface area (Å²) in [5.41, 5.74) is 0.774. The zero-order chi connectivity index (χ0) is 23.3. The Morgan fingerprint density at radius 2 is 1.62 bits per heavy atom. The maximum Gasteiger partial charge on any atom is 0.338 e. The number of amides is 2. The molecule has 0 aliphatic heterocycles. The predicted octanol–water partition coefficient (Wildman–Crippen LogP) is 2.62. The third-order valence-electron chi connectivity index (χ3n) is 4.22. The standard InChI is InChI=1S/C22H24N4O6/c1-22(2,3)30-21(29)14-7-5-13(6-8-14)18-12-17(26-32-18)20(28)24-10-9-15-11-16(25-31-15)19(27)23-4/h5-8,11-12H,9-10H2,1-4H3,(H,23,27)(H,24,28). The summed E-state index contributed by atoms with van der Waals surface area (Å²) in [5.74, 6) is -0.336. The first kappa shape index (κ1) is 22.7. The molecule has 3 rings (SSSR count). The van der Waals surface area contributed by atoms with E-state index in [0.29, 0.717) is 29.1 Å². The Morgan fingerprint density at radius 3 is 2.28 bits per heavy atom. The van der Waals surface area contributed by atoms with Crippen LogP contribution in [0.2, 0.25) is 0 Å². The fourth-order valence-corrected chi connectivity index (χ4v) is 2.68. The average molecular weight is 440 g/mol. The van der Waals surface area contributed by atoms with Crippen molar-refractivity contribution in [2.75, 3.05) is 13.6 Å². The van der Waals surface area contributed by atoms with Gasteiger partial charge in [0.25, 0.3) is 11.8 Å². The number of hydrogen-bond acceptors (Lipinski definition) is 8. The van der Waals surface area contributed by atoms with E-state index in [1.807, 2.05) is 0 Å². The highest BCUT2D eigenvalue weighted by atomic mass is 16.6. The van der Waals surface area contributed by atoms with E-state index >= 15 is 0 Å². The van der Waals surface area contributed by atoms with Crippen molar-refractivity contribution in [2.45, 2.75) is 32.8 Å². The molecule has 32 heavy (non-hydrogen) atoms. The molecule has 2 heterocycles. The highest BCUT2D eigenvalue weighted by Gasteiger charge is 2.19. The van der Waals surface area contributed by atoms with E-state index in [-0.39, 0.29) is 23.8 Å². The molecule has 2 N–H and O–H groups in total. The molecule has 0 aliphatic carbocycles. The van der Waals surface area contributed by atoms with Crippen molar-refractivity contribution in [3.8, 4) is 11.3 Å². The molecule has 0 aliphatic rings. The second-order valence-electron chi connectivity index (χ2n) is 7.92. The summed E-state index contributed by atoms with van der Waals surface area (Å²) < 4.78 is 15.7. The van der Waals surface area contributed by atoms with Crippen LogP contribution in [0.4, 0.5) is 0 Å². The van der Waals surface area contributed by atoms with Crippen molar-refractivity contribution in [3.05, 3.63) is 59.1 Å². The van der Waals surface area contributed by atoms with Gasteiger partial charge in [0.05, 0.1) is 5.56 Å². The van der Waals surface area contributed by atoms with Gasteiger partial charge < -0.3 is 24.4 Å². The van der Waals surface area contributed by atoms with Crippen molar-refractivity contribution in [3.63, 3.8) is 0 Å². The van der Waals surface area contributed by atoms with Crippen LogP contribution in [-0.4, -0.2) is 47.3 Å². The maximum absolute atomic E-state index is 12.3. The van der Waals surface area contributed by atoms with E-state index in [1.54, 1.807) is 45.0 Å². The number of benzene rings is 1. The summed E-state index contributed by atoms with van der Waals surface area (Å²) in [6.07, 6.45) is 0.354. The molecule has 0 fully saturated rings. The van der Waals surface area contributed by atoms with Crippen molar-refractivity contribution in [1.29, 1.82) is 0 Å². The lowest BCUT2D eigenvalue weighted by atomic mass is 10.1. The number of nitrogens with one attached hydrogen (secondary N) is 2. The van der Waals surface area contributed by atoms with Crippen LogP contribution in [0.1, 0.15) is 57.9 Å². The number of esters is 1. The van der Waals surface area contributed by atoms with Gasteiger partial charge in [-0.1, -0.05) is 22.4 Å². The van der Waals surface area contributed by atoms with Crippen LogP contribution in [0.5, 0.6) is 0 Å². The van der Waals surface area contributed by atoms with E-state index in [2.05, 4.69) is 20.9 Å². The van der Waals surface area contributed by atoms with Crippen LogP contribution in [0.3, 0.4) is 0 Å². The van der Waals surface area contributed by atoms with Crippen LogP contribution < -0.4 is 10.6 Å². The second kappa shape index (κ2) is 9.46. The molecule has 168 valence electrons. The van der Waals surface area contributed by atoms with Crippen LogP contribution >= 0.6 is 0 Å². The van der Waals surface area contributed by atoms with Crippen molar-refractivity contribution in [1.82, 2.24) is 20.9 Å². The highest BCUT2D eigenvalue weighted by Crippen LogP contribution is 2.22. The first-order valence-corrected chi connectivity index (χ1v) is 9.92. The van der Waals surface area contributed by atoms with E-state index in [9.17, 15) is 14.4 Å². The lowest BCUT2D eigenvalue weighted by molar-refractivity contribution is 0.00693. The molecule has 0 saturated carbocycles. The summed E-state index contributed by atoms with van der Waals surface area (Å²) >= 11 is 0. The third kappa shape index (κ3) is 5.81. The number of rotatable bonds is 7. The van der Waals surface area contributed by atoms with Gasteiger partial charge in [0.1, 0.15) is 11.4 Å². The van der Waals surface area contributed by atoms with Gasteiger partial charge >= 0.3 is 5.97 Å². The quantitative estimate of drug-likeness (QED) is 0.535. The molecular formula is C22H24N4O6. The van der Waals surface area contributed by atoms with Crippen molar-refractivity contribution < 1.29 is 28.2 Å². The number of nitrogens with zero attached hydrogens (tertiary/aromatic N) is 2. The predicted molar refractivity (Wildman–Crippen MR) is 113 cm³/mol. The zero-order valence-electron chi connectivity index (χ0n) is 18.2. The number of carbonyl (C=O) groups excluding carboxylic acids is 3. The van der Waals surface area contributed by atoms with Gasteiger partial charge in [-0.15, -0.1) is 0 Å². The summed E-state index contributed by atoms with van der Waals surface area (Å²) in [6.45, 7) is 5.66. The fourth-order valence-electron chi connectivity index (χ4n) is 2.68. The summed E-state index contributed by atoms with van der Waals surface area (Å²) in [5, 5.41) is 12.6. The molecule has 0 bridgehead atoms. The Morgan fingerprint density at radius 1 is 0.969 bits per heavy atom. The minimum atomic E-state index is -0.581. The summed E-state index contributed by atoms with van der Waals surface area (Å²) in [7, 11) is 1.50. The van der Waals surface area contributed by atoms with Crippen LogP contribution in [0, 0.1) is 0 Å². The first-order valence-electron chi connectivity index (χ1n) is 9.92. The monoisotopic (exact) mass is 440 g/mol. The lowest BCUT2D eigenvalue weighted by Crippen LogP contribution is -2.25. The zero-order valence-corrected chi connectivity index (χ0v) is 18.2.